The van der Waals surface area contributed by atoms with Gasteiger partial charge in [0.05, 0.1) is 11.4 Å². The zero-order valence-corrected chi connectivity index (χ0v) is 16.0. The van der Waals surface area contributed by atoms with Gasteiger partial charge in [-0.15, -0.1) is 10.2 Å². The first-order valence-electron chi connectivity index (χ1n) is 8.96. The van der Waals surface area contributed by atoms with Crippen LogP contribution in [0.2, 0.25) is 0 Å². The van der Waals surface area contributed by atoms with Crippen molar-refractivity contribution in [1.29, 1.82) is 0 Å². The minimum atomic E-state index is 0.0840. The maximum absolute atomic E-state index is 12.4. The lowest BCUT2D eigenvalue weighted by Gasteiger charge is -2.29. The first-order chi connectivity index (χ1) is 12.1. The largest absolute Gasteiger partial charge is 0.352 e. The van der Waals surface area contributed by atoms with Gasteiger partial charge in [0.2, 0.25) is 5.91 Å². The quantitative estimate of drug-likeness (QED) is 0.829. The van der Waals surface area contributed by atoms with Gasteiger partial charge in [-0.2, -0.15) is 0 Å². The summed E-state index contributed by atoms with van der Waals surface area (Å²) in [4.78, 5) is 12.4. The Hall–Kier alpha value is -1.82. The van der Waals surface area contributed by atoms with Crippen LogP contribution in [0, 0.1) is 19.8 Å². The van der Waals surface area contributed by atoms with E-state index in [2.05, 4.69) is 41.5 Å². The minimum Gasteiger partial charge on any atom is -0.352 e. The smallest absolute Gasteiger partial charge is 0.230 e. The van der Waals surface area contributed by atoms with Gasteiger partial charge in [-0.1, -0.05) is 49.7 Å². The highest BCUT2D eigenvalue weighted by molar-refractivity contribution is 7.99. The monoisotopic (exact) mass is 358 g/mol. The molecule has 2 atom stereocenters. The number of benzene rings is 1. The van der Waals surface area contributed by atoms with Crippen LogP contribution in [-0.4, -0.2) is 32.5 Å². The molecule has 1 N–H and O–H groups in total. The molecule has 6 heteroatoms. The van der Waals surface area contributed by atoms with Crippen molar-refractivity contribution in [2.75, 3.05) is 5.75 Å². The van der Waals surface area contributed by atoms with Crippen LogP contribution in [0.25, 0.3) is 5.69 Å². The van der Waals surface area contributed by atoms with Crippen molar-refractivity contribution in [3.8, 4) is 5.69 Å². The summed E-state index contributed by atoms with van der Waals surface area (Å²) in [6.45, 7) is 6.24. The molecule has 0 radical (unpaired) electrons. The van der Waals surface area contributed by atoms with Gasteiger partial charge in [0.25, 0.3) is 0 Å². The molecular weight excluding hydrogens is 332 g/mol. The number of carbonyl (C=O) groups is 1. The molecule has 0 spiro atoms. The van der Waals surface area contributed by atoms with Gasteiger partial charge in [-0.3, -0.25) is 9.36 Å². The van der Waals surface area contributed by atoms with Crippen LogP contribution in [0.4, 0.5) is 0 Å². The van der Waals surface area contributed by atoms with Gasteiger partial charge in [-0.25, -0.2) is 0 Å². The second-order valence-electron chi connectivity index (χ2n) is 6.88. The lowest BCUT2D eigenvalue weighted by molar-refractivity contribution is -0.119. The van der Waals surface area contributed by atoms with Crippen molar-refractivity contribution in [1.82, 2.24) is 20.1 Å². The molecule has 5 nitrogen and oxygen atoms in total. The number of carbonyl (C=O) groups excluding carboxylic acids is 1. The molecule has 0 saturated heterocycles. The molecule has 1 aliphatic rings. The summed E-state index contributed by atoms with van der Waals surface area (Å²) in [5.74, 6) is 1.85. The Balaban J connectivity index is 1.66. The van der Waals surface area contributed by atoms with E-state index in [4.69, 9.17) is 0 Å². The molecule has 1 aliphatic carbocycles. The lowest BCUT2D eigenvalue weighted by Crippen LogP contribution is -2.41. The van der Waals surface area contributed by atoms with E-state index in [1.54, 1.807) is 0 Å². The summed E-state index contributed by atoms with van der Waals surface area (Å²) in [6.07, 6.45) is 4.79. The number of hydrogen-bond donors (Lipinski definition) is 1. The van der Waals surface area contributed by atoms with E-state index in [0.717, 1.165) is 28.7 Å². The molecule has 134 valence electrons. The fourth-order valence-electron chi connectivity index (χ4n) is 3.44. The summed E-state index contributed by atoms with van der Waals surface area (Å²) in [7, 11) is 0. The van der Waals surface area contributed by atoms with E-state index in [1.807, 2.05) is 23.6 Å². The number of hydrogen-bond acceptors (Lipinski definition) is 4. The third-order valence-corrected chi connectivity index (χ3v) is 5.87. The molecule has 1 fully saturated rings. The summed E-state index contributed by atoms with van der Waals surface area (Å²) < 4.78 is 2.02. The Morgan fingerprint density at radius 1 is 1.24 bits per heavy atom. The Morgan fingerprint density at radius 3 is 2.76 bits per heavy atom. The highest BCUT2D eigenvalue weighted by Crippen LogP contribution is 2.25. The summed E-state index contributed by atoms with van der Waals surface area (Å²) in [5, 5.41) is 12.4. The third kappa shape index (κ3) is 4.24. The number of amides is 1. The summed E-state index contributed by atoms with van der Waals surface area (Å²) in [6, 6.07) is 8.47. The number of rotatable bonds is 5. The van der Waals surface area contributed by atoms with Gasteiger partial charge in [0.1, 0.15) is 5.82 Å². The normalized spacial score (nSPS) is 20.4. The van der Waals surface area contributed by atoms with Gasteiger partial charge < -0.3 is 5.32 Å². The molecule has 3 rings (SSSR count). The predicted octanol–water partition coefficient (Wildman–Crippen LogP) is 3.67. The van der Waals surface area contributed by atoms with Crippen LogP contribution in [0.5, 0.6) is 0 Å². The fourth-order valence-corrected chi connectivity index (χ4v) is 4.24. The Bertz CT molecular complexity index is 743. The molecule has 1 amide bonds. The molecular formula is C19H26N4OS. The van der Waals surface area contributed by atoms with Crippen LogP contribution in [0.1, 0.15) is 44.0 Å². The third-order valence-electron chi connectivity index (χ3n) is 4.94. The number of nitrogens with zero attached hydrogens (tertiary/aromatic N) is 3. The van der Waals surface area contributed by atoms with E-state index in [9.17, 15) is 4.79 Å². The van der Waals surface area contributed by atoms with E-state index in [1.165, 1.54) is 31.0 Å². The predicted molar refractivity (Wildman–Crippen MR) is 101 cm³/mol. The van der Waals surface area contributed by atoms with Gasteiger partial charge in [-0.05, 0) is 44.2 Å². The first-order valence-corrected chi connectivity index (χ1v) is 9.95. The summed E-state index contributed by atoms with van der Waals surface area (Å²) >= 11 is 1.45. The van der Waals surface area contributed by atoms with Gasteiger partial charge in [0.15, 0.2) is 5.16 Å². The molecule has 1 heterocycles. The molecule has 0 aliphatic heterocycles. The molecule has 1 aromatic carbocycles. The van der Waals surface area contributed by atoms with Crippen molar-refractivity contribution in [3.63, 3.8) is 0 Å². The molecule has 0 bridgehead atoms. The number of aromatic nitrogens is 3. The molecule has 1 saturated carbocycles. The Kier molecular flexibility index (Phi) is 5.78. The highest BCUT2D eigenvalue weighted by atomic mass is 32.2. The molecule has 25 heavy (non-hydrogen) atoms. The van der Waals surface area contributed by atoms with Crippen molar-refractivity contribution < 1.29 is 4.79 Å². The lowest BCUT2D eigenvalue weighted by atomic mass is 9.86. The first kappa shape index (κ1) is 18.0. The maximum atomic E-state index is 12.4. The van der Waals surface area contributed by atoms with Crippen molar-refractivity contribution >= 4 is 17.7 Å². The Labute approximate surface area is 153 Å². The van der Waals surface area contributed by atoms with E-state index in [-0.39, 0.29) is 5.91 Å². The number of para-hydroxylation sites is 1. The zero-order chi connectivity index (χ0) is 17.8. The standard InChI is InChI=1S/C19H26N4OS/c1-13-8-4-6-10-16(13)20-18(24)12-25-19-22-21-15(3)23(19)17-11-7-5-9-14(17)2/h5,7,9,11,13,16H,4,6,8,10,12H2,1-3H3,(H,20,24)/t13-,16+/m1/s1. The second-order valence-corrected chi connectivity index (χ2v) is 7.82. The van der Waals surface area contributed by atoms with Gasteiger partial charge in [0, 0.05) is 6.04 Å². The topological polar surface area (TPSA) is 59.8 Å². The summed E-state index contributed by atoms with van der Waals surface area (Å²) in [5.41, 5.74) is 2.22. The van der Waals surface area contributed by atoms with Crippen molar-refractivity contribution in [2.45, 2.75) is 57.7 Å². The van der Waals surface area contributed by atoms with Gasteiger partial charge >= 0.3 is 0 Å². The Morgan fingerprint density at radius 2 is 2.00 bits per heavy atom. The SMILES string of the molecule is Cc1ccccc1-n1c(C)nnc1SCC(=O)N[C@H]1CCCC[C@H]1C. The van der Waals surface area contributed by atoms with Crippen LogP contribution in [-0.2, 0) is 4.79 Å². The second kappa shape index (κ2) is 8.04. The fraction of sp³-hybridized carbons (Fsp3) is 0.526. The zero-order valence-electron chi connectivity index (χ0n) is 15.2. The number of thioether (sulfide) groups is 1. The molecule has 0 unspecified atom stereocenters. The average molecular weight is 359 g/mol. The van der Waals surface area contributed by atoms with E-state index >= 15 is 0 Å². The highest BCUT2D eigenvalue weighted by Gasteiger charge is 2.23. The van der Waals surface area contributed by atoms with Crippen LogP contribution in [0.15, 0.2) is 29.4 Å². The molecule has 2 aromatic rings. The van der Waals surface area contributed by atoms with Crippen LogP contribution < -0.4 is 5.32 Å². The number of aryl methyl sites for hydroxylation is 2. The average Bonchev–Trinajstić information content (AvgIpc) is 2.96. The molecule has 1 aromatic heterocycles. The number of nitrogens with one attached hydrogen (secondary N) is 1. The van der Waals surface area contributed by atoms with Crippen LogP contribution >= 0.6 is 11.8 Å². The maximum Gasteiger partial charge on any atom is 0.230 e. The van der Waals surface area contributed by atoms with Crippen molar-refractivity contribution in [3.05, 3.63) is 35.7 Å². The van der Waals surface area contributed by atoms with E-state index < -0.39 is 0 Å². The van der Waals surface area contributed by atoms with Crippen LogP contribution in [0.3, 0.4) is 0 Å². The van der Waals surface area contributed by atoms with Crippen molar-refractivity contribution in [2.24, 2.45) is 5.92 Å². The van der Waals surface area contributed by atoms with E-state index in [0.29, 0.717) is 17.7 Å². The minimum absolute atomic E-state index is 0.0840.